The summed E-state index contributed by atoms with van der Waals surface area (Å²) in [5.74, 6) is -0.0229. The minimum atomic E-state index is -0.0693. The molecule has 1 heterocycles. The zero-order valence-electron chi connectivity index (χ0n) is 8.97. The molecule has 3 nitrogen and oxygen atoms in total. The number of benzene rings is 1. The van der Waals surface area contributed by atoms with Crippen molar-refractivity contribution in [3.05, 3.63) is 69.6 Å². The Morgan fingerprint density at radius 2 is 1.65 bits per heavy atom. The van der Waals surface area contributed by atoms with Crippen molar-refractivity contribution in [3.63, 3.8) is 0 Å². The molecule has 4 heteroatoms. The van der Waals surface area contributed by atoms with Gasteiger partial charge in [0.05, 0.1) is 6.54 Å². The third-order valence-corrected chi connectivity index (χ3v) is 2.60. The molecule has 0 bridgehead atoms. The Morgan fingerprint density at radius 1 is 1.06 bits per heavy atom. The molecule has 17 heavy (non-hydrogen) atoms. The maximum atomic E-state index is 11.9. The minimum Gasteiger partial charge on any atom is -0.346 e. The Hall–Kier alpha value is -1.87. The van der Waals surface area contributed by atoms with E-state index in [-0.39, 0.29) is 17.8 Å². The van der Waals surface area contributed by atoms with Crippen molar-refractivity contribution in [2.75, 3.05) is 0 Å². The molecule has 0 N–H and O–H groups in total. The third kappa shape index (κ3) is 3.04. The first-order chi connectivity index (χ1) is 8.15. The lowest BCUT2D eigenvalue weighted by Gasteiger charge is -2.04. The molecule has 2 rings (SSSR count). The molecule has 0 fully saturated rings. The number of aromatic nitrogens is 1. The number of ketones is 1. The van der Waals surface area contributed by atoms with Gasteiger partial charge >= 0.3 is 0 Å². The van der Waals surface area contributed by atoms with Crippen molar-refractivity contribution in [3.8, 4) is 0 Å². The summed E-state index contributed by atoms with van der Waals surface area (Å²) in [6, 6.07) is 9.59. The van der Waals surface area contributed by atoms with E-state index in [0.717, 1.165) is 0 Å². The van der Waals surface area contributed by atoms with E-state index >= 15 is 0 Å². The summed E-state index contributed by atoms with van der Waals surface area (Å²) in [6.45, 7) is 0.210. The van der Waals surface area contributed by atoms with E-state index < -0.39 is 0 Å². The lowest BCUT2D eigenvalue weighted by molar-refractivity contribution is 0.0972. The van der Waals surface area contributed by atoms with Crippen LogP contribution >= 0.6 is 11.6 Å². The van der Waals surface area contributed by atoms with Crippen LogP contribution in [0, 0.1) is 0 Å². The lowest BCUT2D eigenvalue weighted by atomic mass is 10.1. The van der Waals surface area contributed by atoms with Gasteiger partial charge in [-0.25, -0.2) is 0 Å². The fourth-order valence-electron chi connectivity index (χ4n) is 1.44. The van der Waals surface area contributed by atoms with Crippen LogP contribution in [0.25, 0.3) is 0 Å². The van der Waals surface area contributed by atoms with Gasteiger partial charge < -0.3 is 4.57 Å². The molecular formula is C13H10ClNO2. The first-order valence-electron chi connectivity index (χ1n) is 5.10. The van der Waals surface area contributed by atoms with E-state index in [2.05, 4.69) is 0 Å². The quantitative estimate of drug-likeness (QED) is 0.782. The summed E-state index contributed by atoms with van der Waals surface area (Å²) in [7, 11) is 0. The Labute approximate surface area is 103 Å². The van der Waals surface area contributed by atoms with Crippen LogP contribution < -0.4 is 5.43 Å². The van der Waals surface area contributed by atoms with Gasteiger partial charge in [0.2, 0.25) is 0 Å². The summed E-state index contributed by atoms with van der Waals surface area (Å²) in [5, 5.41) is 0.602. The molecule has 0 saturated heterocycles. The van der Waals surface area contributed by atoms with Crippen LogP contribution in [-0.4, -0.2) is 10.4 Å². The predicted octanol–water partition coefficient (Wildman–Crippen LogP) is 2.38. The molecule has 0 radical (unpaired) electrons. The maximum Gasteiger partial charge on any atom is 0.182 e. The molecule has 0 atom stereocenters. The molecule has 0 spiro atoms. The number of hydrogen-bond acceptors (Lipinski definition) is 2. The molecule has 0 aliphatic rings. The van der Waals surface area contributed by atoms with E-state index in [9.17, 15) is 9.59 Å². The first kappa shape index (κ1) is 11.6. The summed E-state index contributed by atoms with van der Waals surface area (Å²) < 4.78 is 1.67. The Kier molecular flexibility index (Phi) is 3.40. The topological polar surface area (TPSA) is 39.1 Å². The van der Waals surface area contributed by atoms with Crippen molar-refractivity contribution < 1.29 is 4.79 Å². The Bertz CT molecular complexity index is 567. The smallest absolute Gasteiger partial charge is 0.182 e. The second kappa shape index (κ2) is 4.97. The van der Waals surface area contributed by atoms with Crippen molar-refractivity contribution in [1.82, 2.24) is 4.57 Å². The summed E-state index contributed by atoms with van der Waals surface area (Å²) in [6.07, 6.45) is 3.19. The van der Waals surface area contributed by atoms with Crippen LogP contribution in [0.3, 0.4) is 0 Å². The predicted molar refractivity (Wildman–Crippen MR) is 66.5 cm³/mol. The average molecular weight is 248 g/mol. The van der Waals surface area contributed by atoms with Crippen LogP contribution in [0.2, 0.25) is 5.02 Å². The molecule has 0 saturated carbocycles. The number of carbonyl (C=O) groups is 1. The van der Waals surface area contributed by atoms with Crippen LogP contribution in [-0.2, 0) is 6.54 Å². The highest BCUT2D eigenvalue weighted by Gasteiger charge is 2.05. The number of halogens is 1. The number of nitrogens with zero attached hydrogens (tertiary/aromatic N) is 1. The average Bonchev–Trinajstić information content (AvgIpc) is 2.33. The maximum absolute atomic E-state index is 11.9. The van der Waals surface area contributed by atoms with Crippen LogP contribution in [0.1, 0.15) is 10.4 Å². The molecule has 0 unspecified atom stereocenters. The fraction of sp³-hybridized carbons (Fsp3) is 0.0769. The molecule has 0 aliphatic carbocycles. The standard InChI is InChI=1S/C13H10ClNO2/c14-11-3-1-10(2-4-11)13(17)9-15-7-5-12(16)6-8-15/h1-8H,9H2. The van der Waals surface area contributed by atoms with Gasteiger partial charge in [0.1, 0.15) is 0 Å². The van der Waals surface area contributed by atoms with Gasteiger partial charge in [0.25, 0.3) is 0 Å². The lowest BCUT2D eigenvalue weighted by Crippen LogP contribution is -2.11. The SMILES string of the molecule is O=C(Cn1ccc(=O)cc1)c1ccc(Cl)cc1. The van der Waals surface area contributed by atoms with Gasteiger partial charge in [-0.15, -0.1) is 0 Å². The largest absolute Gasteiger partial charge is 0.346 e. The number of rotatable bonds is 3. The number of hydrogen-bond donors (Lipinski definition) is 0. The van der Waals surface area contributed by atoms with Crippen molar-refractivity contribution in [2.45, 2.75) is 6.54 Å². The van der Waals surface area contributed by atoms with Gasteiger partial charge in [-0.2, -0.15) is 0 Å². The van der Waals surface area contributed by atoms with Gasteiger partial charge in [-0.3, -0.25) is 9.59 Å². The normalized spacial score (nSPS) is 10.2. The van der Waals surface area contributed by atoms with E-state index in [1.807, 2.05) is 0 Å². The number of pyridine rings is 1. The van der Waals surface area contributed by atoms with Crippen LogP contribution in [0.15, 0.2) is 53.6 Å². The van der Waals surface area contributed by atoms with Gasteiger partial charge in [-0.1, -0.05) is 11.6 Å². The van der Waals surface area contributed by atoms with Crippen molar-refractivity contribution in [2.24, 2.45) is 0 Å². The Balaban J connectivity index is 2.14. The fourth-order valence-corrected chi connectivity index (χ4v) is 1.57. The molecule has 1 aromatic carbocycles. The minimum absolute atomic E-state index is 0.0229. The zero-order valence-corrected chi connectivity index (χ0v) is 9.72. The van der Waals surface area contributed by atoms with Crippen LogP contribution in [0.4, 0.5) is 0 Å². The van der Waals surface area contributed by atoms with E-state index in [1.165, 1.54) is 12.1 Å². The van der Waals surface area contributed by atoms with Crippen molar-refractivity contribution >= 4 is 17.4 Å². The molecule has 0 amide bonds. The van der Waals surface area contributed by atoms with Crippen LogP contribution in [0.5, 0.6) is 0 Å². The highest BCUT2D eigenvalue weighted by molar-refractivity contribution is 6.30. The summed E-state index contributed by atoms with van der Waals surface area (Å²) in [5.41, 5.74) is 0.535. The van der Waals surface area contributed by atoms with E-state index in [0.29, 0.717) is 10.6 Å². The van der Waals surface area contributed by atoms with E-state index in [1.54, 1.807) is 41.2 Å². The molecule has 1 aromatic heterocycles. The highest BCUT2D eigenvalue weighted by Crippen LogP contribution is 2.10. The number of carbonyl (C=O) groups excluding carboxylic acids is 1. The zero-order chi connectivity index (χ0) is 12.3. The first-order valence-corrected chi connectivity index (χ1v) is 5.48. The third-order valence-electron chi connectivity index (χ3n) is 2.35. The van der Waals surface area contributed by atoms with E-state index in [4.69, 9.17) is 11.6 Å². The van der Waals surface area contributed by atoms with Crippen molar-refractivity contribution in [1.29, 1.82) is 0 Å². The molecular weight excluding hydrogens is 238 g/mol. The molecule has 2 aromatic rings. The highest BCUT2D eigenvalue weighted by atomic mass is 35.5. The Morgan fingerprint density at radius 3 is 2.24 bits per heavy atom. The van der Waals surface area contributed by atoms with Gasteiger partial charge in [0, 0.05) is 35.1 Å². The van der Waals surface area contributed by atoms with Gasteiger partial charge in [0.15, 0.2) is 11.2 Å². The summed E-state index contributed by atoms with van der Waals surface area (Å²) in [4.78, 5) is 22.8. The van der Waals surface area contributed by atoms with Gasteiger partial charge in [-0.05, 0) is 24.3 Å². The molecule has 0 aliphatic heterocycles. The summed E-state index contributed by atoms with van der Waals surface area (Å²) >= 11 is 5.74. The number of Topliss-reactive ketones (excluding diaryl/α,β-unsaturated/α-hetero) is 1. The molecule has 86 valence electrons. The second-order valence-corrected chi connectivity index (χ2v) is 4.07. The second-order valence-electron chi connectivity index (χ2n) is 3.64. The monoisotopic (exact) mass is 247 g/mol.